The van der Waals surface area contributed by atoms with Crippen LogP contribution in [-0.2, 0) is 14.3 Å². The van der Waals surface area contributed by atoms with Crippen LogP contribution in [-0.4, -0.2) is 44.7 Å². The van der Waals surface area contributed by atoms with Crippen molar-refractivity contribution in [2.45, 2.75) is 18.9 Å². The molecule has 104 valence electrons. The normalized spacial score (nSPS) is 19.6. The van der Waals surface area contributed by atoms with Gasteiger partial charge in [0, 0.05) is 18.2 Å². The lowest BCUT2D eigenvalue weighted by atomic mass is 10.2. The van der Waals surface area contributed by atoms with Crippen molar-refractivity contribution in [1.29, 1.82) is 0 Å². The Labute approximate surface area is 113 Å². The predicted molar refractivity (Wildman–Crippen MR) is 71.3 cm³/mol. The highest BCUT2D eigenvalue weighted by atomic mass is 32.2. The van der Waals surface area contributed by atoms with Gasteiger partial charge in [0.1, 0.15) is 0 Å². The molecule has 1 aliphatic heterocycles. The molecule has 1 fully saturated rings. The van der Waals surface area contributed by atoms with Crippen molar-refractivity contribution in [2.24, 2.45) is 0 Å². The summed E-state index contributed by atoms with van der Waals surface area (Å²) in [6.45, 7) is 0.595. The van der Waals surface area contributed by atoms with Crippen LogP contribution in [0.4, 0.5) is 0 Å². The van der Waals surface area contributed by atoms with Gasteiger partial charge in [-0.15, -0.1) is 0 Å². The SMILES string of the molecule is COS(=O)(=O)C[C@@H]1CCCN1C(=O)c1ccccc1. The number of hydrogen-bond donors (Lipinski definition) is 0. The number of carbonyl (C=O) groups is 1. The summed E-state index contributed by atoms with van der Waals surface area (Å²) in [6, 6.07) is 8.62. The average molecular weight is 283 g/mol. The van der Waals surface area contributed by atoms with Crippen molar-refractivity contribution in [2.75, 3.05) is 19.4 Å². The maximum Gasteiger partial charge on any atom is 0.269 e. The van der Waals surface area contributed by atoms with Crippen molar-refractivity contribution >= 4 is 16.0 Å². The van der Waals surface area contributed by atoms with Crippen molar-refractivity contribution < 1.29 is 17.4 Å². The minimum Gasteiger partial charge on any atom is -0.335 e. The molecule has 1 atom stereocenters. The Morgan fingerprint density at radius 2 is 2.05 bits per heavy atom. The van der Waals surface area contributed by atoms with Crippen LogP contribution in [0.25, 0.3) is 0 Å². The summed E-state index contributed by atoms with van der Waals surface area (Å²) in [4.78, 5) is 14.0. The molecule has 0 radical (unpaired) electrons. The summed E-state index contributed by atoms with van der Waals surface area (Å²) < 4.78 is 27.5. The second kappa shape index (κ2) is 5.71. The van der Waals surface area contributed by atoms with Gasteiger partial charge >= 0.3 is 0 Å². The first-order valence-corrected chi connectivity index (χ1v) is 7.75. The highest BCUT2D eigenvalue weighted by Gasteiger charge is 2.32. The Morgan fingerprint density at radius 3 is 2.68 bits per heavy atom. The largest absolute Gasteiger partial charge is 0.335 e. The van der Waals surface area contributed by atoms with Crippen molar-refractivity contribution in [3.63, 3.8) is 0 Å². The van der Waals surface area contributed by atoms with Gasteiger partial charge in [-0.3, -0.25) is 8.98 Å². The number of rotatable bonds is 4. The Balaban J connectivity index is 2.13. The molecule has 2 rings (SSSR count). The summed E-state index contributed by atoms with van der Waals surface area (Å²) in [6.07, 6.45) is 1.52. The number of hydrogen-bond acceptors (Lipinski definition) is 4. The van der Waals surface area contributed by atoms with Gasteiger partial charge in [0.15, 0.2) is 0 Å². The molecule has 0 aliphatic carbocycles. The first-order valence-electron chi connectivity index (χ1n) is 6.18. The molecule has 0 aromatic heterocycles. The highest BCUT2D eigenvalue weighted by Crippen LogP contribution is 2.21. The topological polar surface area (TPSA) is 63.7 Å². The van der Waals surface area contributed by atoms with E-state index in [2.05, 4.69) is 4.18 Å². The van der Waals surface area contributed by atoms with Crippen molar-refractivity contribution in [3.8, 4) is 0 Å². The van der Waals surface area contributed by atoms with Crippen LogP contribution in [0.2, 0.25) is 0 Å². The number of nitrogens with zero attached hydrogens (tertiary/aromatic N) is 1. The molecule has 0 bridgehead atoms. The van der Waals surface area contributed by atoms with E-state index in [-0.39, 0.29) is 17.7 Å². The van der Waals surface area contributed by atoms with Crippen LogP contribution in [0.3, 0.4) is 0 Å². The minimum atomic E-state index is -3.55. The molecule has 0 unspecified atom stereocenters. The van der Waals surface area contributed by atoms with E-state index in [0.717, 1.165) is 13.5 Å². The van der Waals surface area contributed by atoms with Crippen LogP contribution < -0.4 is 0 Å². The van der Waals surface area contributed by atoms with Crippen LogP contribution in [0.5, 0.6) is 0 Å². The van der Waals surface area contributed by atoms with Crippen LogP contribution >= 0.6 is 0 Å². The van der Waals surface area contributed by atoms with E-state index in [1.807, 2.05) is 6.07 Å². The first kappa shape index (κ1) is 14.0. The van der Waals surface area contributed by atoms with E-state index in [4.69, 9.17) is 0 Å². The Bertz CT molecular complexity index is 541. The lowest BCUT2D eigenvalue weighted by molar-refractivity contribution is 0.0748. The van der Waals surface area contributed by atoms with Gasteiger partial charge < -0.3 is 4.90 Å². The minimum absolute atomic E-state index is 0.116. The molecule has 0 saturated carbocycles. The molecular formula is C13H17NO4S. The molecule has 1 saturated heterocycles. The molecule has 1 aromatic rings. The summed E-state index contributed by atoms with van der Waals surface area (Å²) in [5.41, 5.74) is 0.587. The van der Waals surface area contributed by atoms with E-state index in [1.165, 1.54) is 0 Å². The van der Waals surface area contributed by atoms with E-state index < -0.39 is 10.1 Å². The zero-order valence-electron chi connectivity index (χ0n) is 10.8. The van der Waals surface area contributed by atoms with Gasteiger partial charge in [0.2, 0.25) is 0 Å². The molecule has 1 heterocycles. The molecule has 0 N–H and O–H groups in total. The second-order valence-electron chi connectivity index (χ2n) is 4.55. The molecule has 1 aliphatic rings. The third-order valence-corrected chi connectivity index (χ3v) is 4.61. The fourth-order valence-electron chi connectivity index (χ4n) is 2.33. The fraction of sp³-hybridized carbons (Fsp3) is 0.462. The van der Waals surface area contributed by atoms with Gasteiger partial charge in [0.05, 0.1) is 12.9 Å². The Hall–Kier alpha value is -1.40. The lowest BCUT2D eigenvalue weighted by Crippen LogP contribution is -2.39. The van der Waals surface area contributed by atoms with Crippen LogP contribution in [0.15, 0.2) is 30.3 Å². The average Bonchev–Trinajstić information content (AvgIpc) is 2.86. The van der Waals surface area contributed by atoms with E-state index in [1.54, 1.807) is 29.2 Å². The zero-order chi connectivity index (χ0) is 13.9. The van der Waals surface area contributed by atoms with Gasteiger partial charge in [-0.1, -0.05) is 18.2 Å². The van der Waals surface area contributed by atoms with E-state index >= 15 is 0 Å². The quantitative estimate of drug-likeness (QED) is 0.781. The molecule has 1 aromatic carbocycles. The number of carbonyl (C=O) groups excluding carboxylic acids is 1. The highest BCUT2D eigenvalue weighted by molar-refractivity contribution is 7.86. The standard InChI is InChI=1S/C13H17NO4S/c1-18-19(16,17)10-12-8-5-9-14(12)13(15)11-6-3-2-4-7-11/h2-4,6-7,12H,5,8-10H2,1H3/t12-/m0/s1. The zero-order valence-corrected chi connectivity index (χ0v) is 11.6. The maximum absolute atomic E-state index is 12.3. The lowest BCUT2D eigenvalue weighted by Gasteiger charge is -2.24. The van der Waals surface area contributed by atoms with Crippen molar-refractivity contribution in [1.82, 2.24) is 4.90 Å². The van der Waals surface area contributed by atoms with E-state index in [9.17, 15) is 13.2 Å². The van der Waals surface area contributed by atoms with E-state index in [0.29, 0.717) is 18.5 Å². The van der Waals surface area contributed by atoms with Gasteiger partial charge in [-0.2, -0.15) is 8.42 Å². The summed E-state index contributed by atoms with van der Waals surface area (Å²) in [5, 5.41) is 0. The van der Waals surface area contributed by atoms with Crippen molar-refractivity contribution in [3.05, 3.63) is 35.9 Å². The molecule has 0 spiro atoms. The molecule has 19 heavy (non-hydrogen) atoms. The fourth-order valence-corrected chi connectivity index (χ4v) is 3.28. The number of amides is 1. The van der Waals surface area contributed by atoms with Gasteiger partial charge in [-0.05, 0) is 25.0 Å². The molecule has 5 nitrogen and oxygen atoms in total. The second-order valence-corrected chi connectivity index (χ2v) is 6.33. The molecule has 1 amide bonds. The monoisotopic (exact) mass is 283 g/mol. The van der Waals surface area contributed by atoms with Crippen LogP contribution in [0, 0.1) is 0 Å². The first-order chi connectivity index (χ1) is 9.03. The summed E-state index contributed by atoms with van der Waals surface area (Å²) in [5.74, 6) is -0.253. The molecular weight excluding hydrogens is 266 g/mol. The summed E-state index contributed by atoms with van der Waals surface area (Å²) >= 11 is 0. The Morgan fingerprint density at radius 1 is 1.37 bits per heavy atom. The molecule has 6 heteroatoms. The van der Waals surface area contributed by atoms with Gasteiger partial charge in [0.25, 0.3) is 16.0 Å². The maximum atomic E-state index is 12.3. The van der Waals surface area contributed by atoms with Crippen LogP contribution in [0.1, 0.15) is 23.2 Å². The third kappa shape index (κ3) is 3.33. The van der Waals surface area contributed by atoms with Gasteiger partial charge in [-0.25, -0.2) is 0 Å². The summed E-state index contributed by atoms with van der Waals surface area (Å²) in [7, 11) is -2.40. The number of likely N-dealkylation sites (tertiary alicyclic amines) is 1. The third-order valence-electron chi connectivity index (χ3n) is 3.31. The Kier molecular flexibility index (Phi) is 4.21. The smallest absolute Gasteiger partial charge is 0.269 e. The predicted octanol–water partition coefficient (Wildman–Crippen LogP) is 1.27. The number of benzene rings is 1.